The number of piperazine rings is 1. The van der Waals surface area contributed by atoms with E-state index in [1.807, 2.05) is 26.0 Å². The molecule has 0 bridgehead atoms. The fourth-order valence-corrected chi connectivity index (χ4v) is 3.48. The number of fused-ring (bicyclic) bond motifs is 1. The van der Waals surface area contributed by atoms with E-state index in [4.69, 9.17) is 0 Å². The lowest BCUT2D eigenvalue weighted by Gasteiger charge is -2.48. The fourth-order valence-electron chi connectivity index (χ4n) is 3.48. The van der Waals surface area contributed by atoms with E-state index >= 15 is 0 Å². The second-order valence-corrected chi connectivity index (χ2v) is 5.93. The van der Waals surface area contributed by atoms with Crippen molar-refractivity contribution in [2.45, 2.75) is 51.2 Å². The number of rotatable bonds is 2. The van der Waals surface area contributed by atoms with E-state index < -0.39 is 6.04 Å². The third-order valence-corrected chi connectivity index (χ3v) is 4.68. The third kappa shape index (κ3) is 2.30. The van der Waals surface area contributed by atoms with E-state index in [0.29, 0.717) is 6.54 Å². The van der Waals surface area contributed by atoms with Crippen molar-refractivity contribution in [3.05, 3.63) is 30.1 Å². The van der Waals surface area contributed by atoms with Crippen LogP contribution in [0, 0.1) is 0 Å². The van der Waals surface area contributed by atoms with Gasteiger partial charge in [-0.1, -0.05) is 6.07 Å². The summed E-state index contributed by atoms with van der Waals surface area (Å²) in [5.74, 6) is 0.160. The number of amides is 2. The molecule has 3 heterocycles. The molecule has 2 aliphatic heterocycles. The number of nitrogens with zero attached hydrogens (tertiary/aromatic N) is 3. The SMILES string of the molecule is CC1C(=O)N2CCCCC2C(=O)N1C(C)c1cccnc1. The summed E-state index contributed by atoms with van der Waals surface area (Å²) in [5.41, 5.74) is 0.967. The largest absolute Gasteiger partial charge is 0.329 e. The van der Waals surface area contributed by atoms with Gasteiger partial charge in [0.2, 0.25) is 11.8 Å². The van der Waals surface area contributed by atoms with Crippen LogP contribution in [-0.4, -0.2) is 45.2 Å². The van der Waals surface area contributed by atoms with Gasteiger partial charge >= 0.3 is 0 Å². The highest BCUT2D eigenvalue weighted by atomic mass is 16.2. The highest BCUT2D eigenvalue weighted by Gasteiger charge is 2.46. The van der Waals surface area contributed by atoms with Crippen molar-refractivity contribution in [1.82, 2.24) is 14.8 Å². The Morgan fingerprint density at radius 1 is 1.29 bits per heavy atom. The molecule has 0 aromatic carbocycles. The zero-order valence-corrected chi connectivity index (χ0v) is 12.5. The molecule has 1 aromatic heterocycles. The Labute approximate surface area is 124 Å². The van der Waals surface area contributed by atoms with Gasteiger partial charge < -0.3 is 9.80 Å². The van der Waals surface area contributed by atoms with Crippen LogP contribution < -0.4 is 0 Å². The summed E-state index contributed by atoms with van der Waals surface area (Å²) in [5, 5.41) is 0. The van der Waals surface area contributed by atoms with E-state index in [-0.39, 0.29) is 23.9 Å². The maximum absolute atomic E-state index is 12.8. The summed E-state index contributed by atoms with van der Waals surface area (Å²) in [6.45, 7) is 4.52. The molecule has 3 unspecified atom stereocenters. The Kier molecular flexibility index (Phi) is 3.66. The molecule has 2 aliphatic rings. The van der Waals surface area contributed by atoms with Crippen molar-refractivity contribution >= 4 is 11.8 Å². The normalized spacial score (nSPS) is 27.5. The first-order valence-electron chi connectivity index (χ1n) is 7.64. The molecule has 1 aromatic rings. The Hall–Kier alpha value is -1.91. The molecule has 5 nitrogen and oxygen atoms in total. The van der Waals surface area contributed by atoms with Gasteiger partial charge in [0.25, 0.3) is 0 Å². The maximum atomic E-state index is 12.8. The van der Waals surface area contributed by atoms with Crippen LogP contribution in [0.2, 0.25) is 0 Å². The number of hydrogen-bond donors (Lipinski definition) is 0. The van der Waals surface area contributed by atoms with Crippen molar-refractivity contribution < 1.29 is 9.59 Å². The summed E-state index contributed by atoms with van der Waals surface area (Å²) in [7, 11) is 0. The van der Waals surface area contributed by atoms with Crippen LogP contribution in [-0.2, 0) is 9.59 Å². The highest BCUT2D eigenvalue weighted by Crippen LogP contribution is 2.31. The van der Waals surface area contributed by atoms with Gasteiger partial charge in [0.15, 0.2) is 0 Å². The van der Waals surface area contributed by atoms with Crippen LogP contribution in [0.5, 0.6) is 0 Å². The summed E-state index contributed by atoms with van der Waals surface area (Å²) in [6, 6.07) is 3.02. The fraction of sp³-hybridized carbons (Fsp3) is 0.562. The van der Waals surface area contributed by atoms with Gasteiger partial charge in [0, 0.05) is 18.9 Å². The molecular weight excluding hydrogens is 266 g/mol. The predicted octanol–water partition coefficient (Wildman–Crippen LogP) is 1.75. The van der Waals surface area contributed by atoms with E-state index in [1.54, 1.807) is 22.2 Å². The lowest BCUT2D eigenvalue weighted by molar-refractivity contribution is -0.165. The molecule has 2 fully saturated rings. The van der Waals surface area contributed by atoms with Gasteiger partial charge in [-0.2, -0.15) is 0 Å². The summed E-state index contributed by atoms with van der Waals surface area (Å²) in [4.78, 5) is 33.1. The van der Waals surface area contributed by atoms with Gasteiger partial charge in [-0.05, 0) is 44.7 Å². The monoisotopic (exact) mass is 287 g/mol. The van der Waals surface area contributed by atoms with E-state index in [2.05, 4.69) is 4.98 Å². The third-order valence-electron chi connectivity index (χ3n) is 4.68. The van der Waals surface area contributed by atoms with Crippen molar-refractivity contribution in [2.75, 3.05) is 6.54 Å². The average Bonchev–Trinajstić information content (AvgIpc) is 2.53. The van der Waals surface area contributed by atoms with Gasteiger partial charge in [-0.25, -0.2) is 0 Å². The van der Waals surface area contributed by atoms with Gasteiger partial charge in [-0.3, -0.25) is 14.6 Å². The molecule has 2 amide bonds. The molecule has 2 saturated heterocycles. The van der Waals surface area contributed by atoms with Gasteiger partial charge in [0.05, 0.1) is 6.04 Å². The summed E-state index contributed by atoms with van der Waals surface area (Å²) in [6.07, 6.45) is 6.28. The van der Waals surface area contributed by atoms with E-state index in [1.165, 1.54) is 0 Å². The Morgan fingerprint density at radius 3 is 2.81 bits per heavy atom. The number of piperidine rings is 1. The van der Waals surface area contributed by atoms with Crippen LogP contribution in [0.25, 0.3) is 0 Å². The molecule has 3 atom stereocenters. The minimum absolute atomic E-state index is 0.0787. The van der Waals surface area contributed by atoms with Crippen molar-refractivity contribution in [2.24, 2.45) is 0 Å². The van der Waals surface area contributed by atoms with Crippen LogP contribution in [0.15, 0.2) is 24.5 Å². The zero-order chi connectivity index (χ0) is 15.0. The molecule has 0 aliphatic carbocycles. The number of carbonyl (C=O) groups is 2. The lowest BCUT2D eigenvalue weighted by atomic mass is 9.93. The Bertz CT molecular complexity index is 546. The minimum Gasteiger partial charge on any atom is -0.329 e. The molecule has 0 saturated carbocycles. The van der Waals surface area contributed by atoms with Gasteiger partial charge in [-0.15, -0.1) is 0 Å². The summed E-state index contributed by atoms with van der Waals surface area (Å²) < 4.78 is 0. The number of carbonyl (C=O) groups excluding carboxylic acids is 2. The number of pyridine rings is 1. The zero-order valence-electron chi connectivity index (χ0n) is 12.5. The Balaban J connectivity index is 1.90. The first kappa shape index (κ1) is 14.0. The van der Waals surface area contributed by atoms with Crippen molar-refractivity contribution in [3.8, 4) is 0 Å². The number of hydrogen-bond acceptors (Lipinski definition) is 3. The minimum atomic E-state index is -0.401. The molecule has 112 valence electrons. The predicted molar refractivity (Wildman–Crippen MR) is 78.3 cm³/mol. The van der Waals surface area contributed by atoms with E-state index in [0.717, 1.165) is 24.8 Å². The molecule has 3 rings (SSSR count). The van der Waals surface area contributed by atoms with Crippen LogP contribution >= 0.6 is 0 Å². The topological polar surface area (TPSA) is 53.5 Å². The second kappa shape index (κ2) is 5.47. The molecule has 0 N–H and O–H groups in total. The first-order valence-corrected chi connectivity index (χ1v) is 7.64. The Morgan fingerprint density at radius 2 is 2.10 bits per heavy atom. The molecule has 21 heavy (non-hydrogen) atoms. The maximum Gasteiger partial charge on any atom is 0.246 e. The second-order valence-electron chi connectivity index (χ2n) is 5.93. The summed E-state index contributed by atoms with van der Waals surface area (Å²) >= 11 is 0. The number of aromatic nitrogens is 1. The van der Waals surface area contributed by atoms with Crippen molar-refractivity contribution in [1.29, 1.82) is 0 Å². The quantitative estimate of drug-likeness (QED) is 0.833. The van der Waals surface area contributed by atoms with E-state index in [9.17, 15) is 9.59 Å². The smallest absolute Gasteiger partial charge is 0.246 e. The molecule has 5 heteroatoms. The van der Waals surface area contributed by atoms with Crippen LogP contribution in [0.3, 0.4) is 0 Å². The molecular formula is C16H21N3O2. The molecule has 0 spiro atoms. The van der Waals surface area contributed by atoms with Crippen LogP contribution in [0.1, 0.15) is 44.7 Å². The highest BCUT2D eigenvalue weighted by molar-refractivity contribution is 5.97. The lowest BCUT2D eigenvalue weighted by Crippen LogP contribution is -2.65. The average molecular weight is 287 g/mol. The molecule has 0 radical (unpaired) electrons. The standard InChI is InChI=1S/C16H21N3O2/c1-11(13-6-5-8-17-10-13)19-12(2)15(20)18-9-4-3-7-14(18)16(19)21/h5-6,8,10-12,14H,3-4,7,9H2,1-2H3. The first-order chi connectivity index (χ1) is 10.1. The van der Waals surface area contributed by atoms with Gasteiger partial charge in [0.1, 0.15) is 12.1 Å². The van der Waals surface area contributed by atoms with Crippen LogP contribution in [0.4, 0.5) is 0 Å². The van der Waals surface area contributed by atoms with Crippen molar-refractivity contribution in [3.63, 3.8) is 0 Å².